The monoisotopic (exact) mass is 211 g/mol. The highest BCUT2D eigenvalue weighted by Crippen LogP contribution is 2.06. The summed E-state index contributed by atoms with van der Waals surface area (Å²) in [5, 5.41) is 3.07. The zero-order valence-corrected chi connectivity index (χ0v) is 9.28. The third-order valence-electron chi connectivity index (χ3n) is 2.18. The van der Waals surface area contributed by atoms with Crippen LogP contribution in [-0.4, -0.2) is 29.7 Å². The number of H-pyrrole nitrogens is 1. The fourth-order valence-electron chi connectivity index (χ4n) is 1.21. The highest BCUT2D eigenvalue weighted by Gasteiger charge is 2.14. The summed E-state index contributed by atoms with van der Waals surface area (Å²) in [6.45, 7) is 4.68. The van der Waals surface area contributed by atoms with Gasteiger partial charge in [-0.25, -0.2) is 4.98 Å². The van der Waals surface area contributed by atoms with Crippen LogP contribution in [0.1, 0.15) is 13.8 Å². The van der Waals surface area contributed by atoms with Gasteiger partial charge in [-0.2, -0.15) is 0 Å². The van der Waals surface area contributed by atoms with Gasteiger partial charge < -0.3 is 15.0 Å². The van der Waals surface area contributed by atoms with E-state index in [0.717, 1.165) is 0 Å². The molecule has 0 aliphatic carbocycles. The summed E-state index contributed by atoms with van der Waals surface area (Å²) < 4.78 is 5.07. The van der Waals surface area contributed by atoms with E-state index in [1.165, 1.54) is 6.20 Å². The van der Waals surface area contributed by atoms with Crippen molar-refractivity contribution in [3.8, 4) is 0 Å². The summed E-state index contributed by atoms with van der Waals surface area (Å²) in [4.78, 5) is 17.9. The van der Waals surface area contributed by atoms with Crippen LogP contribution in [0.2, 0.25) is 0 Å². The van der Waals surface area contributed by atoms with E-state index in [9.17, 15) is 4.79 Å². The van der Waals surface area contributed by atoms with Gasteiger partial charge in [0.25, 0.3) is 5.56 Å². The minimum Gasteiger partial charge on any atom is -0.383 e. The van der Waals surface area contributed by atoms with Crippen LogP contribution in [0.15, 0.2) is 17.2 Å². The van der Waals surface area contributed by atoms with Crippen LogP contribution in [0, 0.1) is 5.92 Å². The van der Waals surface area contributed by atoms with Crippen molar-refractivity contribution in [2.45, 2.75) is 19.9 Å². The first-order valence-electron chi connectivity index (χ1n) is 4.94. The van der Waals surface area contributed by atoms with E-state index in [1.807, 2.05) is 0 Å². The average molecular weight is 211 g/mol. The van der Waals surface area contributed by atoms with E-state index >= 15 is 0 Å². The predicted octanol–water partition coefficient (Wildman–Crippen LogP) is 0.853. The Labute approximate surface area is 88.9 Å². The van der Waals surface area contributed by atoms with Crippen LogP contribution in [0.25, 0.3) is 0 Å². The molecule has 1 atom stereocenters. The molecule has 1 unspecified atom stereocenters. The molecular weight excluding hydrogens is 194 g/mol. The highest BCUT2D eigenvalue weighted by atomic mass is 16.5. The lowest BCUT2D eigenvalue weighted by atomic mass is 10.1. The minimum absolute atomic E-state index is 0.0889. The fraction of sp³-hybridized carbons (Fsp3) is 0.600. The van der Waals surface area contributed by atoms with Crippen molar-refractivity contribution in [3.63, 3.8) is 0 Å². The number of hydrogen-bond acceptors (Lipinski definition) is 4. The van der Waals surface area contributed by atoms with Crippen molar-refractivity contribution in [2.24, 2.45) is 5.92 Å². The second-order valence-corrected chi connectivity index (χ2v) is 3.72. The molecule has 1 rings (SSSR count). The first kappa shape index (κ1) is 11.7. The van der Waals surface area contributed by atoms with Crippen molar-refractivity contribution in [2.75, 3.05) is 19.0 Å². The number of hydrogen-bond donors (Lipinski definition) is 2. The Morgan fingerprint density at radius 2 is 2.33 bits per heavy atom. The average Bonchev–Trinajstić information content (AvgIpc) is 2.20. The number of aromatic amines is 1. The molecule has 0 aliphatic heterocycles. The molecule has 0 saturated heterocycles. The molecule has 5 heteroatoms. The van der Waals surface area contributed by atoms with E-state index in [0.29, 0.717) is 18.3 Å². The number of anilines is 1. The minimum atomic E-state index is -0.209. The third-order valence-corrected chi connectivity index (χ3v) is 2.18. The molecule has 0 amide bonds. The molecule has 0 bridgehead atoms. The molecule has 5 nitrogen and oxygen atoms in total. The van der Waals surface area contributed by atoms with Crippen molar-refractivity contribution in [1.29, 1.82) is 0 Å². The standard InChI is InChI=1S/C10H17N3O2/c1-7(2)8(6-15-3)13-9-10(14)12-5-4-11-9/h4-5,7-8H,6H2,1-3H3,(H,11,13)(H,12,14). The van der Waals surface area contributed by atoms with Gasteiger partial charge in [-0.1, -0.05) is 13.8 Å². The van der Waals surface area contributed by atoms with Crippen LogP contribution >= 0.6 is 0 Å². The van der Waals surface area contributed by atoms with E-state index in [1.54, 1.807) is 13.3 Å². The summed E-state index contributed by atoms with van der Waals surface area (Å²) in [6.07, 6.45) is 3.06. The largest absolute Gasteiger partial charge is 0.383 e. The number of rotatable bonds is 5. The molecule has 0 aromatic carbocycles. The van der Waals surface area contributed by atoms with Gasteiger partial charge in [0.15, 0.2) is 5.82 Å². The number of nitrogens with one attached hydrogen (secondary N) is 2. The van der Waals surface area contributed by atoms with E-state index in [-0.39, 0.29) is 11.6 Å². The van der Waals surface area contributed by atoms with Gasteiger partial charge in [-0.15, -0.1) is 0 Å². The van der Waals surface area contributed by atoms with Gasteiger partial charge in [-0.05, 0) is 5.92 Å². The smallest absolute Gasteiger partial charge is 0.290 e. The van der Waals surface area contributed by atoms with Crippen LogP contribution in [0.5, 0.6) is 0 Å². The zero-order chi connectivity index (χ0) is 11.3. The Morgan fingerprint density at radius 3 is 2.87 bits per heavy atom. The molecule has 0 aliphatic rings. The highest BCUT2D eigenvalue weighted by molar-refractivity contribution is 5.31. The van der Waals surface area contributed by atoms with Crippen LogP contribution in [0.3, 0.4) is 0 Å². The quantitative estimate of drug-likeness (QED) is 0.757. The Balaban J connectivity index is 2.74. The Hall–Kier alpha value is -1.36. The summed E-state index contributed by atoms with van der Waals surface area (Å²) in [5.74, 6) is 0.708. The summed E-state index contributed by atoms with van der Waals surface area (Å²) in [5.41, 5.74) is -0.209. The maximum absolute atomic E-state index is 11.4. The SMILES string of the molecule is COCC(Nc1ncc[nH]c1=O)C(C)C. The maximum atomic E-state index is 11.4. The van der Waals surface area contributed by atoms with Gasteiger partial charge in [0.2, 0.25) is 0 Å². The normalized spacial score (nSPS) is 12.8. The summed E-state index contributed by atoms with van der Waals surface area (Å²) >= 11 is 0. The topological polar surface area (TPSA) is 67.0 Å². The molecule has 1 aromatic heterocycles. The van der Waals surface area contributed by atoms with E-state index in [2.05, 4.69) is 29.1 Å². The van der Waals surface area contributed by atoms with Crippen LogP contribution in [0.4, 0.5) is 5.82 Å². The van der Waals surface area contributed by atoms with E-state index in [4.69, 9.17) is 4.74 Å². The lowest BCUT2D eigenvalue weighted by Crippen LogP contribution is -2.33. The van der Waals surface area contributed by atoms with Gasteiger partial charge in [0.1, 0.15) is 0 Å². The van der Waals surface area contributed by atoms with Gasteiger partial charge in [0, 0.05) is 19.5 Å². The molecule has 0 spiro atoms. The summed E-state index contributed by atoms with van der Waals surface area (Å²) in [7, 11) is 1.64. The number of methoxy groups -OCH3 is 1. The second-order valence-electron chi connectivity index (χ2n) is 3.72. The number of ether oxygens (including phenoxy) is 1. The molecule has 1 aromatic rings. The Kier molecular flexibility index (Phi) is 4.30. The molecule has 0 fully saturated rings. The van der Waals surface area contributed by atoms with Crippen molar-refractivity contribution >= 4 is 5.82 Å². The first-order chi connectivity index (χ1) is 7.15. The van der Waals surface area contributed by atoms with Gasteiger partial charge >= 0.3 is 0 Å². The first-order valence-corrected chi connectivity index (χ1v) is 4.94. The maximum Gasteiger partial charge on any atom is 0.290 e. The predicted molar refractivity (Wildman–Crippen MR) is 59.0 cm³/mol. The van der Waals surface area contributed by atoms with Crippen LogP contribution < -0.4 is 10.9 Å². The molecule has 1 heterocycles. The Bertz CT molecular complexity index is 349. The summed E-state index contributed by atoms with van der Waals surface area (Å²) in [6, 6.07) is 0.0889. The molecule has 2 N–H and O–H groups in total. The molecule has 15 heavy (non-hydrogen) atoms. The van der Waals surface area contributed by atoms with Gasteiger partial charge in [-0.3, -0.25) is 4.79 Å². The zero-order valence-electron chi connectivity index (χ0n) is 9.28. The van der Waals surface area contributed by atoms with Crippen molar-refractivity contribution in [1.82, 2.24) is 9.97 Å². The van der Waals surface area contributed by atoms with Gasteiger partial charge in [0.05, 0.1) is 12.6 Å². The van der Waals surface area contributed by atoms with Crippen molar-refractivity contribution < 1.29 is 4.74 Å². The Morgan fingerprint density at radius 1 is 1.60 bits per heavy atom. The fourth-order valence-corrected chi connectivity index (χ4v) is 1.21. The van der Waals surface area contributed by atoms with Crippen molar-refractivity contribution in [3.05, 3.63) is 22.7 Å². The lowest BCUT2D eigenvalue weighted by Gasteiger charge is -2.21. The number of aromatic nitrogens is 2. The van der Waals surface area contributed by atoms with E-state index < -0.39 is 0 Å². The third kappa shape index (κ3) is 3.36. The lowest BCUT2D eigenvalue weighted by molar-refractivity contribution is 0.171. The van der Waals surface area contributed by atoms with Crippen LogP contribution in [-0.2, 0) is 4.74 Å². The molecule has 0 saturated carbocycles. The molecule has 0 radical (unpaired) electrons. The molecule has 84 valence electrons. The molecular formula is C10H17N3O2. The second kappa shape index (κ2) is 5.50. The number of nitrogens with zero attached hydrogens (tertiary/aromatic N) is 1.